The molecule has 1 aromatic rings. The number of nitrogens with zero attached hydrogens (tertiary/aromatic N) is 2. The first-order valence-electron chi connectivity index (χ1n) is 5.95. The maximum absolute atomic E-state index is 11.8. The van der Waals surface area contributed by atoms with Gasteiger partial charge in [-0.2, -0.15) is 11.8 Å². The Hall–Kier alpha value is -0.590. The Morgan fingerprint density at radius 2 is 2.22 bits per heavy atom. The van der Waals surface area contributed by atoms with Gasteiger partial charge in [-0.3, -0.25) is 9.69 Å². The number of halogens is 1. The summed E-state index contributed by atoms with van der Waals surface area (Å²) in [7, 11) is 0. The highest BCUT2D eigenvalue weighted by Crippen LogP contribution is 2.08. The van der Waals surface area contributed by atoms with E-state index in [-0.39, 0.29) is 5.91 Å². The van der Waals surface area contributed by atoms with E-state index in [4.69, 9.17) is 0 Å². The largest absolute Gasteiger partial charge is 0.351 e. The summed E-state index contributed by atoms with van der Waals surface area (Å²) in [6.07, 6.45) is 1.58. The lowest BCUT2D eigenvalue weighted by Gasteiger charge is -2.25. The van der Waals surface area contributed by atoms with Gasteiger partial charge in [0, 0.05) is 43.9 Å². The zero-order valence-electron chi connectivity index (χ0n) is 10.1. The molecule has 1 N–H and O–H groups in total. The van der Waals surface area contributed by atoms with E-state index < -0.39 is 0 Å². The summed E-state index contributed by atoms with van der Waals surface area (Å²) >= 11 is 5.24. The van der Waals surface area contributed by atoms with Gasteiger partial charge in [0.25, 0.3) is 5.91 Å². The van der Waals surface area contributed by atoms with Gasteiger partial charge in [0.05, 0.1) is 5.56 Å². The fourth-order valence-electron chi connectivity index (χ4n) is 1.76. The minimum absolute atomic E-state index is 0.0543. The molecule has 2 rings (SSSR count). The molecule has 2 heterocycles. The molecule has 0 aliphatic carbocycles. The standard InChI is InChI=1S/C12H16BrN3OS/c13-11-2-1-10(9-15-11)12(17)14-3-4-16-5-7-18-8-6-16/h1-2,9H,3-8H2,(H,14,17). The molecule has 18 heavy (non-hydrogen) atoms. The van der Waals surface area contributed by atoms with Crippen LogP contribution in [0.3, 0.4) is 0 Å². The molecule has 0 bridgehead atoms. The van der Waals surface area contributed by atoms with E-state index in [1.54, 1.807) is 18.3 Å². The van der Waals surface area contributed by atoms with E-state index in [1.807, 2.05) is 11.8 Å². The Kier molecular flexibility index (Phi) is 5.46. The highest BCUT2D eigenvalue weighted by atomic mass is 79.9. The molecule has 0 unspecified atom stereocenters. The number of rotatable bonds is 4. The van der Waals surface area contributed by atoms with Crippen LogP contribution in [0.15, 0.2) is 22.9 Å². The second-order valence-corrected chi connectivity index (χ2v) is 6.12. The van der Waals surface area contributed by atoms with Crippen LogP contribution >= 0.6 is 27.7 Å². The van der Waals surface area contributed by atoms with Crippen molar-refractivity contribution in [3.63, 3.8) is 0 Å². The second kappa shape index (κ2) is 7.11. The van der Waals surface area contributed by atoms with Crippen LogP contribution in [0, 0.1) is 0 Å². The van der Waals surface area contributed by atoms with Gasteiger partial charge in [-0.25, -0.2) is 4.98 Å². The van der Waals surface area contributed by atoms with Crippen molar-refractivity contribution in [2.24, 2.45) is 0 Å². The summed E-state index contributed by atoms with van der Waals surface area (Å²) in [5.41, 5.74) is 0.604. The third-order valence-electron chi connectivity index (χ3n) is 2.81. The Morgan fingerprint density at radius 3 is 2.89 bits per heavy atom. The van der Waals surface area contributed by atoms with Crippen molar-refractivity contribution in [2.45, 2.75) is 0 Å². The molecule has 0 aromatic carbocycles. The van der Waals surface area contributed by atoms with Crippen molar-refractivity contribution in [1.29, 1.82) is 0 Å². The molecular weight excluding hydrogens is 314 g/mol. The van der Waals surface area contributed by atoms with E-state index in [1.165, 1.54) is 11.5 Å². The second-order valence-electron chi connectivity index (χ2n) is 4.08. The molecule has 4 nitrogen and oxygen atoms in total. The smallest absolute Gasteiger partial charge is 0.252 e. The topological polar surface area (TPSA) is 45.2 Å². The summed E-state index contributed by atoms with van der Waals surface area (Å²) < 4.78 is 0.741. The minimum atomic E-state index is -0.0543. The van der Waals surface area contributed by atoms with Crippen LogP contribution in [0.1, 0.15) is 10.4 Å². The summed E-state index contributed by atoms with van der Waals surface area (Å²) in [4.78, 5) is 18.2. The monoisotopic (exact) mass is 329 g/mol. The average molecular weight is 330 g/mol. The van der Waals surface area contributed by atoms with Gasteiger partial charge in [-0.05, 0) is 28.1 Å². The van der Waals surface area contributed by atoms with Crippen molar-refractivity contribution < 1.29 is 4.79 Å². The normalized spacial score (nSPS) is 16.5. The molecule has 6 heteroatoms. The molecule has 0 atom stereocenters. The lowest BCUT2D eigenvalue weighted by molar-refractivity contribution is 0.0948. The molecule has 0 saturated carbocycles. The molecule has 1 aliphatic heterocycles. The first-order chi connectivity index (χ1) is 8.75. The van der Waals surface area contributed by atoms with Crippen molar-refractivity contribution in [1.82, 2.24) is 15.2 Å². The number of thioether (sulfide) groups is 1. The van der Waals surface area contributed by atoms with Crippen LogP contribution in [0.4, 0.5) is 0 Å². The Morgan fingerprint density at radius 1 is 1.44 bits per heavy atom. The van der Waals surface area contributed by atoms with Crippen LogP contribution in [0.2, 0.25) is 0 Å². The maximum atomic E-state index is 11.8. The van der Waals surface area contributed by atoms with E-state index in [0.717, 1.165) is 24.2 Å². The first-order valence-corrected chi connectivity index (χ1v) is 7.90. The third kappa shape index (κ3) is 4.26. The fraction of sp³-hybridized carbons (Fsp3) is 0.500. The molecule has 0 radical (unpaired) electrons. The van der Waals surface area contributed by atoms with E-state index >= 15 is 0 Å². The van der Waals surface area contributed by atoms with Gasteiger partial charge in [-0.1, -0.05) is 0 Å². The number of carbonyl (C=O) groups is 1. The zero-order chi connectivity index (χ0) is 12.8. The van der Waals surface area contributed by atoms with Crippen molar-refractivity contribution in [3.05, 3.63) is 28.5 Å². The minimum Gasteiger partial charge on any atom is -0.351 e. The van der Waals surface area contributed by atoms with E-state index in [2.05, 4.69) is 31.1 Å². The molecule has 1 saturated heterocycles. The fourth-order valence-corrected chi connectivity index (χ4v) is 2.98. The summed E-state index contributed by atoms with van der Waals surface area (Å²) in [5, 5.41) is 2.92. The quantitative estimate of drug-likeness (QED) is 0.853. The van der Waals surface area contributed by atoms with Gasteiger partial charge in [-0.15, -0.1) is 0 Å². The molecule has 1 aliphatic rings. The molecular formula is C12H16BrN3OS. The summed E-state index contributed by atoms with van der Waals surface area (Å²) in [6.45, 7) is 3.87. The van der Waals surface area contributed by atoms with E-state index in [9.17, 15) is 4.79 Å². The first kappa shape index (κ1) is 13.8. The van der Waals surface area contributed by atoms with E-state index in [0.29, 0.717) is 12.1 Å². The average Bonchev–Trinajstić information content (AvgIpc) is 2.40. The van der Waals surface area contributed by atoms with Crippen LogP contribution in [0.5, 0.6) is 0 Å². The number of pyridine rings is 1. The third-order valence-corrected chi connectivity index (χ3v) is 4.22. The predicted molar refractivity (Wildman–Crippen MR) is 78.0 cm³/mol. The van der Waals surface area contributed by atoms with Crippen molar-refractivity contribution in [3.8, 4) is 0 Å². The zero-order valence-corrected chi connectivity index (χ0v) is 12.5. The number of aromatic nitrogens is 1. The van der Waals surface area contributed by atoms with Gasteiger partial charge >= 0.3 is 0 Å². The number of hydrogen-bond donors (Lipinski definition) is 1. The SMILES string of the molecule is O=C(NCCN1CCSCC1)c1ccc(Br)nc1. The maximum Gasteiger partial charge on any atom is 0.252 e. The number of carbonyl (C=O) groups excluding carboxylic acids is 1. The van der Waals surface area contributed by atoms with Gasteiger partial charge < -0.3 is 5.32 Å². The molecule has 1 aromatic heterocycles. The molecule has 0 spiro atoms. The van der Waals surface area contributed by atoms with Gasteiger partial charge in [0.2, 0.25) is 0 Å². The van der Waals surface area contributed by atoms with Crippen molar-refractivity contribution in [2.75, 3.05) is 37.7 Å². The number of amides is 1. The molecule has 98 valence electrons. The lowest BCUT2D eigenvalue weighted by atomic mass is 10.3. The lowest BCUT2D eigenvalue weighted by Crippen LogP contribution is -2.39. The summed E-state index contributed by atoms with van der Waals surface area (Å²) in [5.74, 6) is 2.34. The van der Waals surface area contributed by atoms with Gasteiger partial charge in [0.1, 0.15) is 4.60 Å². The van der Waals surface area contributed by atoms with Crippen LogP contribution in [-0.4, -0.2) is 53.5 Å². The van der Waals surface area contributed by atoms with Crippen molar-refractivity contribution >= 4 is 33.6 Å². The Balaban J connectivity index is 1.72. The van der Waals surface area contributed by atoms with Crippen LogP contribution in [0.25, 0.3) is 0 Å². The molecule has 1 amide bonds. The number of nitrogens with one attached hydrogen (secondary N) is 1. The highest BCUT2D eigenvalue weighted by molar-refractivity contribution is 9.10. The van der Waals surface area contributed by atoms with Gasteiger partial charge in [0.15, 0.2) is 0 Å². The van der Waals surface area contributed by atoms with Crippen LogP contribution < -0.4 is 5.32 Å². The Bertz CT molecular complexity index is 393. The summed E-state index contributed by atoms with van der Waals surface area (Å²) in [6, 6.07) is 3.54. The predicted octanol–water partition coefficient (Wildman–Crippen LogP) is 1.62. The van der Waals surface area contributed by atoms with Crippen LogP contribution in [-0.2, 0) is 0 Å². The number of hydrogen-bond acceptors (Lipinski definition) is 4. The Labute approximate surface area is 120 Å². The molecule has 1 fully saturated rings. The highest BCUT2D eigenvalue weighted by Gasteiger charge is 2.10.